The van der Waals surface area contributed by atoms with Crippen LogP contribution in [0, 0.1) is 5.92 Å². The van der Waals surface area contributed by atoms with Gasteiger partial charge in [0.15, 0.2) is 11.5 Å². The van der Waals surface area contributed by atoms with E-state index in [-0.39, 0.29) is 18.4 Å². The Morgan fingerprint density at radius 3 is 2.41 bits per heavy atom. The van der Waals surface area contributed by atoms with Gasteiger partial charge in [0.2, 0.25) is 0 Å². The molecule has 124 valence electrons. The lowest BCUT2D eigenvalue weighted by Crippen LogP contribution is -2.29. The fourth-order valence-corrected chi connectivity index (χ4v) is 1.74. The van der Waals surface area contributed by atoms with Crippen molar-refractivity contribution in [2.75, 3.05) is 26.4 Å². The highest BCUT2D eigenvalue weighted by Crippen LogP contribution is 2.28. The Morgan fingerprint density at radius 1 is 1.18 bits per heavy atom. The number of benzene rings is 1. The van der Waals surface area contributed by atoms with Gasteiger partial charge in [-0.2, -0.15) is 0 Å². The van der Waals surface area contributed by atoms with Crippen LogP contribution in [0.1, 0.15) is 44.0 Å². The molecule has 0 saturated heterocycles. The van der Waals surface area contributed by atoms with Crippen LogP contribution in [0.3, 0.4) is 0 Å². The molecule has 0 radical (unpaired) electrons. The van der Waals surface area contributed by atoms with Crippen molar-refractivity contribution in [3.05, 3.63) is 23.8 Å². The van der Waals surface area contributed by atoms with Gasteiger partial charge in [0.05, 0.1) is 13.2 Å². The van der Waals surface area contributed by atoms with E-state index in [9.17, 15) is 4.79 Å². The molecule has 5 heteroatoms. The van der Waals surface area contributed by atoms with Crippen LogP contribution in [0.4, 0.5) is 0 Å². The molecule has 0 spiro atoms. The summed E-state index contributed by atoms with van der Waals surface area (Å²) in [7, 11) is 0. The Balaban J connectivity index is 2.80. The number of amides is 1. The van der Waals surface area contributed by atoms with Gasteiger partial charge < -0.3 is 19.9 Å². The first-order valence-electron chi connectivity index (χ1n) is 7.91. The predicted molar refractivity (Wildman–Crippen MR) is 86.6 cm³/mol. The molecule has 0 heterocycles. The van der Waals surface area contributed by atoms with E-state index >= 15 is 0 Å². The second kappa shape index (κ2) is 10.1. The van der Waals surface area contributed by atoms with Crippen molar-refractivity contribution >= 4 is 5.91 Å². The zero-order chi connectivity index (χ0) is 16.4. The lowest BCUT2D eigenvalue weighted by Gasteiger charge is -2.14. The number of hydrogen-bond donors (Lipinski definition) is 2. The molecule has 0 saturated carbocycles. The molecule has 1 rings (SSSR count). The number of rotatable bonds is 10. The first kappa shape index (κ1) is 18.3. The van der Waals surface area contributed by atoms with Crippen molar-refractivity contribution in [2.24, 2.45) is 5.92 Å². The van der Waals surface area contributed by atoms with Gasteiger partial charge in [0.25, 0.3) is 5.91 Å². The molecule has 0 fully saturated rings. The smallest absolute Gasteiger partial charge is 0.251 e. The van der Waals surface area contributed by atoms with Gasteiger partial charge in [-0.3, -0.25) is 4.79 Å². The Morgan fingerprint density at radius 2 is 1.82 bits per heavy atom. The molecule has 1 amide bonds. The first-order chi connectivity index (χ1) is 10.6. The lowest BCUT2D eigenvalue weighted by atomic mass is 10.1. The van der Waals surface area contributed by atoms with Gasteiger partial charge in [-0.25, -0.2) is 0 Å². The van der Waals surface area contributed by atoms with Crippen LogP contribution >= 0.6 is 0 Å². The third-order valence-electron chi connectivity index (χ3n) is 3.05. The molecule has 5 nitrogen and oxygen atoms in total. The quantitative estimate of drug-likeness (QED) is 0.697. The summed E-state index contributed by atoms with van der Waals surface area (Å²) in [6, 6.07) is 5.20. The molecule has 1 aromatic carbocycles. The topological polar surface area (TPSA) is 67.8 Å². The number of hydrogen-bond acceptors (Lipinski definition) is 4. The van der Waals surface area contributed by atoms with E-state index in [1.54, 1.807) is 18.2 Å². The zero-order valence-corrected chi connectivity index (χ0v) is 13.7. The third kappa shape index (κ3) is 5.93. The number of aliphatic hydroxyl groups is 1. The van der Waals surface area contributed by atoms with Crippen molar-refractivity contribution < 1.29 is 19.4 Å². The molecule has 0 bridgehead atoms. The number of nitrogens with one attached hydrogen (secondary N) is 1. The molecule has 1 aromatic rings. The van der Waals surface area contributed by atoms with E-state index in [1.807, 2.05) is 20.8 Å². The fourth-order valence-electron chi connectivity index (χ4n) is 1.74. The van der Waals surface area contributed by atoms with Crippen LogP contribution < -0.4 is 14.8 Å². The van der Waals surface area contributed by atoms with Crippen molar-refractivity contribution in [1.29, 1.82) is 0 Å². The maximum absolute atomic E-state index is 12.1. The number of carbonyl (C=O) groups is 1. The molecular weight excluding hydrogens is 282 g/mol. The average Bonchev–Trinajstić information content (AvgIpc) is 2.55. The van der Waals surface area contributed by atoms with Crippen LogP contribution in [0.2, 0.25) is 0 Å². The van der Waals surface area contributed by atoms with E-state index in [1.165, 1.54) is 0 Å². The number of ether oxygens (including phenoxy) is 2. The van der Waals surface area contributed by atoms with Crippen LogP contribution in [0.5, 0.6) is 11.5 Å². The van der Waals surface area contributed by atoms with Crippen molar-refractivity contribution in [2.45, 2.75) is 33.6 Å². The minimum absolute atomic E-state index is 0.0342. The first-order valence-corrected chi connectivity index (χ1v) is 7.91. The molecule has 22 heavy (non-hydrogen) atoms. The second-order valence-corrected chi connectivity index (χ2v) is 5.36. The Hall–Kier alpha value is -1.75. The van der Waals surface area contributed by atoms with E-state index in [2.05, 4.69) is 5.32 Å². The molecule has 0 aliphatic heterocycles. The maximum atomic E-state index is 12.1. The fraction of sp³-hybridized carbons (Fsp3) is 0.588. The van der Waals surface area contributed by atoms with Crippen molar-refractivity contribution in [3.8, 4) is 11.5 Å². The van der Waals surface area contributed by atoms with Gasteiger partial charge in [-0.15, -0.1) is 0 Å². The molecule has 1 unspecified atom stereocenters. The van der Waals surface area contributed by atoms with Crippen LogP contribution in [-0.2, 0) is 0 Å². The monoisotopic (exact) mass is 309 g/mol. The minimum atomic E-state index is -0.177. The highest BCUT2D eigenvalue weighted by molar-refractivity contribution is 5.94. The van der Waals surface area contributed by atoms with Crippen LogP contribution in [0.25, 0.3) is 0 Å². The standard InChI is InChI=1S/C17H27NO4/c1-4-8-21-15-7-6-14(10-16(15)22-9-5-2)17(20)18-11-13(3)12-19/h6-7,10,13,19H,4-5,8-9,11-12H2,1-3H3,(H,18,20). The molecule has 0 aliphatic carbocycles. The van der Waals surface area contributed by atoms with Gasteiger partial charge in [-0.1, -0.05) is 20.8 Å². The average molecular weight is 309 g/mol. The summed E-state index contributed by atoms with van der Waals surface area (Å²) in [6.45, 7) is 7.62. The minimum Gasteiger partial charge on any atom is -0.490 e. The van der Waals surface area contributed by atoms with Crippen molar-refractivity contribution in [3.63, 3.8) is 0 Å². The van der Waals surface area contributed by atoms with E-state index < -0.39 is 0 Å². The molecular formula is C17H27NO4. The second-order valence-electron chi connectivity index (χ2n) is 5.36. The molecule has 0 aromatic heterocycles. The third-order valence-corrected chi connectivity index (χ3v) is 3.05. The Kier molecular flexibility index (Phi) is 8.36. The largest absolute Gasteiger partial charge is 0.490 e. The summed E-state index contributed by atoms with van der Waals surface area (Å²) < 4.78 is 11.3. The summed E-state index contributed by atoms with van der Waals surface area (Å²) in [6.07, 6.45) is 1.80. The SMILES string of the molecule is CCCOc1ccc(C(=O)NCC(C)CO)cc1OCCC. The van der Waals surface area contributed by atoms with Crippen LogP contribution in [0.15, 0.2) is 18.2 Å². The number of carbonyl (C=O) groups excluding carboxylic acids is 1. The van der Waals surface area contributed by atoms with Crippen LogP contribution in [-0.4, -0.2) is 37.4 Å². The predicted octanol–water partition coefficient (Wildman–Crippen LogP) is 2.62. The molecule has 0 aliphatic rings. The van der Waals surface area contributed by atoms with Gasteiger partial charge in [0.1, 0.15) is 0 Å². The Labute approximate surface area is 132 Å². The lowest BCUT2D eigenvalue weighted by molar-refractivity contribution is 0.0941. The summed E-state index contributed by atoms with van der Waals surface area (Å²) >= 11 is 0. The summed E-state index contributed by atoms with van der Waals surface area (Å²) in [5.41, 5.74) is 0.528. The highest BCUT2D eigenvalue weighted by Gasteiger charge is 2.12. The summed E-state index contributed by atoms with van der Waals surface area (Å²) in [5, 5.41) is 11.8. The van der Waals surface area contributed by atoms with E-state index in [4.69, 9.17) is 14.6 Å². The van der Waals surface area contributed by atoms with E-state index in [0.29, 0.717) is 36.8 Å². The van der Waals surface area contributed by atoms with Gasteiger partial charge in [-0.05, 0) is 37.0 Å². The summed E-state index contributed by atoms with van der Waals surface area (Å²) in [5.74, 6) is 1.12. The van der Waals surface area contributed by atoms with Gasteiger partial charge in [0, 0.05) is 18.7 Å². The molecule has 1 atom stereocenters. The zero-order valence-electron chi connectivity index (χ0n) is 13.7. The highest BCUT2D eigenvalue weighted by atomic mass is 16.5. The summed E-state index contributed by atoms with van der Waals surface area (Å²) in [4.78, 5) is 12.1. The Bertz CT molecular complexity index is 462. The maximum Gasteiger partial charge on any atom is 0.251 e. The van der Waals surface area contributed by atoms with Gasteiger partial charge >= 0.3 is 0 Å². The molecule has 2 N–H and O–H groups in total. The van der Waals surface area contributed by atoms with Crippen molar-refractivity contribution in [1.82, 2.24) is 5.32 Å². The number of aliphatic hydroxyl groups excluding tert-OH is 1. The van der Waals surface area contributed by atoms with E-state index in [0.717, 1.165) is 12.8 Å². The normalized spacial score (nSPS) is 11.8.